The molecule has 0 aliphatic rings. The van der Waals surface area contributed by atoms with Gasteiger partial charge in [0.2, 0.25) is 5.89 Å². The Morgan fingerprint density at radius 2 is 1.96 bits per heavy atom. The van der Waals surface area contributed by atoms with E-state index in [9.17, 15) is 4.79 Å². The topological polar surface area (TPSA) is 77.3 Å². The summed E-state index contributed by atoms with van der Waals surface area (Å²) in [6.07, 6.45) is 0.455. The van der Waals surface area contributed by atoms with Crippen molar-refractivity contribution in [1.29, 1.82) is 0 Å². The van der Waals surface area contributed by atoms with Crippen molar-refractivity contribution >= 4 is 44.9 Å². The number of hydrogen-bond acceptors (Lipinski definition) is 6. The Kier molecular flexibility index (Phi) is 4.79. The number of nitrogens with one attached hydrogen (secondary N) is 1. The minimum absolute atomic E-state index is 0.0389. The van der Waals surface area contributed by atoms with E-state index in [1.165, 1.54) is 11.3 Å². The number of rotatable bonds is 5. The van der Waals surface area contributed by atoms with Gasteiger partial charge in [-0.15, -0.1) is 16.4 Å². The second-order valence-corrected chi connectivity index (χ2v) is 7.15. The van der Waals surface area contributed by atoms with Gasteiger partial charge in [-0.3, -0.25) is 10.1 Å². The van der Waals surface area contributed by atoms with Crippen molar-refractivity contribution in [3.05, 3.63) is 69.9 Å². The first-order chi connectivity index (χ1) is 13.1. The number of nitrogens with zero attached hydrogens (tertiary/aromatic N) is 2. The average Bonchev–Trinajstić information content (AvgIpc) is 3.27. The Balaban J connectivity index is 1.48. The quantitative estimate of drug-likeness (QED) is 0.522. The third-order valence-electron chi connectivity index (χ3n) is 3.94. The molecule has 0 fully saturated rings. The Hall–Kier alpha value is -2.90. The number of hydrogen-bond donors (Lipinski definition) is 1. The zero-order valence-electron chi connectivity index (χ0n) is 14.2. The highest BCUT2D eigenvalue weighted by molar-refractivity contribution is 7.21. The van der Waals surface area contributed by atoms with Crippen molar-refractivity contribution in [2.75, 3.05) is 12.4 Å². The van der Waals surface area contributed by atoms with E-state index in [-0.39, 0.29) is 11.9 Å². The molecule has 27 heavy (non-hydrogen) atoms. The number of anilines is 1. The molecule has 4 aromatic rings. The molecule has 0 radical (unpaired) electrons. The standard InChI is InChI=1S/C19H14ClN3O3S/c1-25-12-8-6-11(7-9-12)10-15-22-23-19(26-15)21-18(24)17-16(20)13-4-2-3-5-14(13)27-17/h2-9H,10H2,1H3,(H,21,23,24). The first-order valence-electron chi connectivity index (χ1n) is 8.08. The van der Waals surface area contributed by atoms with Gasteiger partial charge in [-0.2, -0.15) is 0 Å². The summed E-state index contributed by atoms with van der Waals surface area (Å²) in [5.74, 6) is 0.802. The summed E-state index contributed by atoms with van der Waals surface area (Å²) in [6, 6.07) is 15.2. The van der Waals surface area contributed by atoms with Crippen molar-refractivity contribution in [2.24, 2.45) is 0 Å². The molecule has 4 rings (SSSR count). The fourth-order valence-electron chi connectivity index (χ4n) is 2.61. The number of halogens is 1. The summed E-state index contributed by atoms with van der Waals surface area (Å²) >= 11 is 7.65. The van der Waals surface area contributed by atoms with E-state index in [2.05, 4.69) is 15.5 Å². The summed E-state index contributed by atoms with van der Waals surface area (Å²) in [5, 5.41) is 11.7. The molecule has 0 saturated carbocycles. The van der Waals surface area contributed by atoms with Gasteiger partial charge in [-0.1, -0.05) is 47.0 Å². The van der Waals surface area contributed by atoms with Crippen molar-refractivity contribution in [3.63, 3.8) is 0 Å². The Morgan fingerprint density at radius 3 is 2.70 bits per heavy atom. The van der Waals surface area contributed by atoms with Crippen molar-refractivity contribution in [2.45, 2.75) is 6.42 Å². The Morgan fingerprint density at radius 1 is 1.19 bits per heavy atom. The minimum atomic E-state index is -0.374. The number of thiophene rings is 1. The summed E-state index contributed by atoms with van der Waals surface area (Å²) in [6.45, 7) is 0. The molecule has 0 unspecified atom stereocenters. The number of carbonyl (C=O) groups is 1. The van der Waals surface area contributed by atoms with Gasteiger partial charge >= 0.3 is 6.01 Å². The molecule has 2 aromatic carbocycles. The molecule has 1 amide bonds. The van der Waals surface area contributed by atoms with E-state index in [0.717, 1.165) is 21.4 Å². The van der Waals surface area contributed by atoms with Gasteiger partial charge in [-0.25, -0.2) is 0 Å². The molecule has 0 spiro atoms. The summed E-state index contributed by atoms with van der Waals surface area (Å²) in [7, 11) is 1.62. The van der Waals surface area contributed by atoms with Crippen LogP contribution in [0.4, 0.5) is 6.01 Å². The van der Waals surface area contributed by atoms with Crippen molar-refractivity contribution < 1.29 is 13.9 Å². The number of carbonyl (C=O) groups excluding carboxylic acids is 1. The van der Waals surface area contributed by atoms with E-state index >= 15 is 0 Å². The van der Waals surface area contributed by atoms with Crippen LogP contribution in [0.2, 0.25) is 5.02 Å². The number of ether oxygens (including phenoxy) is 1. The van der Waals surface area contributed by atoms with Crippen LogP contribution >= 0.6 is 22.9 Å². The number of aromatic nitrogens is 2. The molecule has 0 aliphatic heterocycles. The predicted octanol–water partition coefficient (Wildman–Crippen LogP) is 4.79. The molecule has 0 aliphatic carbocycles. The van der Waals surface area contributed by atoms with Gasteiger partial charge in [0, 0.05) is 10.1 Å². The molecule has 136 valence electrons. The molecule has 2 aromatic heterocycles. The summed E-state index contributed by atoms with van der Waals surface area (Å²) < 4.78 is 11.6. The minimum Gasteiger partial charge on any atom is -0.497 e. The van der Waals surface area contributed by atoms with E-state index in [1.54, 1.807) is 7.11 Å². The second-order valence-electron chi connectivity index (χ2n) is 5.72. The highest BCUT2D eigenvalue weighted by Crippen LogP contribution is 2.35. The monoisotopic (exact) mass is 399 g/mol. The first kappa shape index (κ1) is 17.5. The molecule has 8 heteroatoms. The summed E-state index contributed by atoms with van der Waals surface area (Å²) in [5.41, 5.74) is 0.991. The van der Waals surface area contributed by atoms with E-state index in [0.29, 0.717) is 22.2 Å². The lowest BCUT2D eigenvalue weighted by Gasteiger charge is -2.01. The van der Waals surface area contributed by atoms with E-state index < -0.39 is 0 Å². The first-order valence-corrected chi connectivity index (χ1v) is 9.27. The van der Waals surface area contributed by atoms with Gasteiger partial charge in [-0.05, 0) is 23.8 Å². The molecular formula is C19H14ClN3O3S. The molecule has 0 bridgehead atoms. The Labute approximate surface area is 163 Å². The third-order valence-corrected chi connectivity index (χ3v) is 5.62. The SMILES string of the molecule is COc1ccc(Cc2nnc(NC(=O)c3sc4ccccc4c3Cl)o2)cc1. The predicted molar refractivity (Wildman–Crippen MR) is 105 cm³/mol. The maximum absolute atomic E-state index is 12.5. The van der Waals surface area contributed by atoms with Crippen LogP contribution in [0.25, 0.3) is 10.1 Å². The second kappa shape index (κ2) is 7.38. The number of methoxy groups -OCH3 is 1. The van der Waals surface area contributed by atoms with Crippen LogP contribution in [0.3, 0.4) is 0 Å². The van der Waals surface area contributed by atoms with Gasteiger partial charge in [0.05, 0.1) is 18.6 Å². The zero-order chi connectivity index (χ0) is 18.8. The lowest BCUT2D eigenvalue weighted by Crippen LogP contribution is -2.10. The van der Waals surface area contributed by atoms with Crippen LogP contribution in [-0.2, 0) is 6.42 Å². The average molecular weight is 400 g/mol. The largest absolute Gasteiger partial charge is 0.497 e. The van der Waals surface area contributed by atoms with Crippen LogP contribution in [0, 0.1) is 0 Å². The van der Waals surface area contributed by atoms with Crippen LogP contribution in [0.5, 0.6) is 5.75 Å². The maximum Gasteiger partial charge on any atom is 0.322 e. The fraction of sp³-hybridized carbons (Fsp3) is 0.105. The highest BCUT2D eigenvalue weighted by Gasteiger charge is 2.19. The fourth-order valence-corrected chi connectivity index (χ4v) is 4.02. The third kappa shape index (κ3) is 3.65. The highest BCUT2D eigenvalue weighted by atomic mass is 35.5. The maximum atomic E-state index is 12.5. The van der Waals surface area contributed by atoms with Gasteiger partial charge < -0.3 is 9.15 Å². The number of amides is 1. The van der Waals surface area contributed by atoms with Crippen LogP contribution in [0.1, 0.15) is 21.1 Å². The normalized spacial score (nSPS) is 10.9. The molecular weight excluding hydrogens is 386 g/mol. The molecule has 2 heterocycles. The van der Waals surface area contributed by atoms with Crippen molar-refractivity contribution in [3.8, 4) is 5.75 Å². The van der Waals surface area contributed by atoms with Gasteiger partial charge in [0.25, 0.3) is 5.91 Å². The van der Waals surface area contributed by atoms with E-state index in [4.69, 9.17) is 20.8 Å². The van der Waals surface area contributed by atoms with Crippen LogP contribution in [0.15, 0.2) is 52.9 Å². The van der Waals surface area contributed by atoms with Crippen molar-refractivity contribution in [1.82, 2.24) is 10.2 Å². The number of fused-ring (bicyclic) bond motifs is 1. The molecule has 0 atom stereocenters. The van der Waals surface area contributed by atoms with Gasteiger partial charge in [0.1, 0.15) is 10.6 Å². The van der Waals surface area contributed by atoms with Crippen LogP contribution in [-0.4, -0.2) is 23.2 Å². The van der Waals surface area contributed by atoms with E-state index in [1.807, 2.05) is 48.5 Å². The molecule has 6 nitrogen and oxygen atoms in total. The smallest absolute Gasteiger partial charge is 0.322 e. The Bertz CT molecular complexity index is 1110. The van der Waals surface area contributed by atoms with Gasteiger partial charge in [0.15, 0.2) is 0 Å². The molecule has 0 saturated heterocycles. The lowest BCUT2D eigenvalue weighted by atomic mass is 10.1. The number of benzene rings is 2. The lowest BCUT2D eigenvalue weighted by molar-refractivity contribution is 0.102. The zero-order valence-corrected chi connectivity index (χ0v) is 15.8. The van der Waals surface area contributed by atoms with Crippen LogP contribution < -0.4 is 10.1 Å². The molecule has 1 N–H and O–H groups in total. The summed E-state index contributed by atoms with van der Waals surface area (Å²) in [4.78, 5) is 12.9.